The van der Waals surface area contributed by atoms with E-state index in [9.17, 15) is 8.42 Å². The largest absolute Gasteiger partial charge is 0.310 e. The lowest BCUT2D eigenvalue weighted by atomic mass is 10.1. The minimum Gasteiger partial charge on any atom is -0.310 e. The summed E-state index contributed by atoms with van der Waals surface area (Å²) in [4.78, 5) is 2.53. The van der Waals surface area contributed by atoms with Gasteiger partial charge in [-0.05, 0) is 45.7 Å². The van der Waals surface area contributed by atoms with Gasteiger partial charge in [-0.1, -0.05) is 6.42 Å². The fraction of sp³-hybridized carbons (Fsp3) is 1.00. The van der Waals surface area contributed by atoms with Gasteiger partial charge in [0, 0.05) is 18.6 Å². The first-order valence-corrected chi connectivity index (χ1v) is 9.06. The molecule has 2 saturated heterocycles. The van der Waals surface area contributed by atoms with Crippen LogP contribution >= 0.6 is 0 Å². The zero-order valence-corrected chi connectivity index (χ0v) is 12.2. The quantitative estimate of drug-likeness (QED) is 0.832. The topological polar surface area (TPSA) is 49.4 Å². The van der Waals surface area contributed by atoms with Crippen molar-refractivity contribution in [2.24, 2.45) is 0 Å². The second kappa shape index (κ2) is 6.35. The molecule has 2 aliphatic rings. The van der Waals surface area contributed by atoms with Crippen LogP contribution in [0.2, 0.25) is 0 Å². The highest BCUT2D eigenvalue weighted by Crippen LogP contribution is 2.14. The summed E-state index contributed by atoms with van der Waals surface area (Å²) < 4.78 is 22.7. The van der Waals surface area contributed by atoms with E-state index in [0.717, 1.165) is 19.4 Å². The van der Waals surface area contributed by atoms with Gasteiger partial charge in [0.1, 0.15) is 9.84 Å². The van der Waals surface area contributed by atoms with Gasteiger partial charge >= 0.3 is 0 Å². The average molecular weight is 274 g/mol. The minimum absolute atomic E-state index is 0.362. The fourth-order valence-corrected chi connectivity index (χ4v) is 4.53. The molecule has 4 nitrogen and oxygen atoms in total. The van der Waals surface area contributed by atoms with Crippen LogP contribution in [-0.4, -0.2) is 56.5 Å². The summed E-state index contributed by atoms with van der Waals surface area (Å²) in [6.45, 7) is 5.77. The SMILES string of the molecule is CC(CN1CCCCC1)NC1CCS(=O)(=O)CC1. The Morgan fingerprint density at radius 1 is 1.17 bits per heavy atom. The van der Waals surface area contributed by atoms with Gasteiger partial charge in [-0.2, -0.15) is 0 Å². The maximum absolute atomic E-state index is 11.4. The van der Waals surface area contributed by atoms with Crippen LogP contribution in [0.3, 0.4) is 0 Å². The van der Waals surface area contributed by atoms with Crippen LogP contribution < -0.4 is 5.32 Å². The van der Waals surface area contributed by atoms with Gasteiger partial charge in [0.05, 0.1) is 11.5 Å². The van der Waals surface area contributed by atoms with Gasteiger partial charge < -0.3 is 10.2 Å². The van der Waals surface area contributed by atoms with E-state index in [1.165, 1.54) is 32.4 Å². The summed E-state index contributed by atoms with van der Waals surface area (Å²) >= 11 is 0. The molecule has 0 saturated carbocycles. The van der Waals surface area contributed by atoms with Crippen LogP contribution in [0, 0.1) is 0 Å². The third-order valence-electron chi connectivity index (χ3n) is 4.06. The molecule has 1 atom stereocenters. The number of piperidine rings is 1. The Morgan fingerprint density at radius 2 is 1.78 bits per heavy atom. The zero-order chi connectivity index (χ0) is 13.0. The third kappa shape index (κ3) is 4.52. The van der Waals surface area contributed by atoms with Crippen molar-refractivity contribution >= 4 is 9.84 Å². The predicted molar refractivity (Wildman–Crippen MR) is 74.6 cm³/mol. The predicted octanol–water partition coefficient (Wildman–Crippen LogP) is 1.03. The smallest absolute Gasteiger partial charge is 0.150 e. The van der Waals surface area contributed by atoms with Gasteiger partial charge in [-0.25, -0.2) is 8.42 Å². The van der Waals surface area contributed by atoms with Crippen molar-refractivity contribution in [3.63, 3.8) is 0 Å². The van der Waals surface area contributed by atoms with Gasteiger partial charge in [0.25, 0.3) is 0 Å². The molecule has 18 heavy (non-hydrogen) atoms. The molecule has 0 spiro atoms. The molecule has 106 valence electrons. The molecule has 0 aromatic carbocycles. The van der Waals surface area contributed by atoms with Gasteiger partial charge in [0.15, 0.2) is 0 Å². The summed E-state index contributed by atoms with van der Waals surface area (Å²) in [6.07, 6.45) is 5.60. The van der Waals surface area contributed by atoms with Crippen LogP contribution in [0.1, 0.15) is 39.0 Å². The molecule has 2 fully saturated rings. The molecule has 0 aromatic rings. The highest BCUT2D eigenvalue weighted by atomic mass is 32.2. The lowest BCUT2D eigenvalue weighted by molar-refractivity contribution is 0.203. The molecule has 0 amide bonds. The van der Waals surface area contributed by atoms with E-state index in [1.54, 1.807) is 0 Å². The molecule has 2 heterocycles. The van der Waals surface area contributed by atoms with Crippen molar-refractivity contribution in [1.29, 1.82) is 0 Å². The number of nitrogens with one attached hydrogen (secondary N) is 1. The zero-order valence-electron chi connectivity index (χ0n) is 11.4. The number of likely N-dealkylation sites (tertiary alicyclic amines) is 1. The normalized spacial score (nSPS) is 28.1. The standard InChI is InChI=1S/C13H26N2O2S/c1-12(11-15-7-3-2-4-8-15)14-13-5-9-18(16,17)10-6-13/h12-14H,2-11H2,1H3. The van der Waals surface area contributed by atoms with E-state index in [2.05, 4.69) is 17.1 Å². The van der Waals surface area contributed by atoms with Crippen molar-refractivity contribution in [1.82, 2.24) is 10.2 Å². The molecule has 1 N–H and O–H groups in total. The maximum atomic E-state index is 11.4. The molecule has 0 radical (unpaired) electrons. The van der Waals surface area contributed by atoms with Crippen LogP contribution in [0.25, 0.3) is 0 Å². The van der Waals surface area contributed by atoms with Crippen molar-refractivity contribution in [3.05, 3.63) is 0 Å². The van der Waals surface area contributed by atoms with Crippen molar-refractivity contribution in [3.8, 4) is 0 Å². The molecule has 0 bridgehead atoms. The van der Waals surface area contributed by atoms with Gasteiger partial charge in [0.2, 0.25) is 0 Å². The van der Waals surface area contributed by atoms with Crippen LogP contribution in [0.4, 0.5) is 0 Å². The van der Waals surface area contributed by atoms with Crippen LogP contribution in [0.5, 0.6) is 0 Å². The molecule has 2 aliphatic heterocycles. The molecule has 5 heteroatoms. The molecule has 1 unspecified atom stereocenters. The lowest BCUT2D eigenvalue weighted by Crippen LogP contribution is -2.47. The Labute approximate surface area is 111 Å². The second-order valence-electron chi connectivity index (χ2n) is 5.86. The molecular weight excluding hydrogens is 248 g/mol. The first-order chi connectivity index (χ1) is 8.55. The Hall–Kier alpha value is -0.130. The van der Waals surface area contributed by atoms with Gasteiger partial charge in [-0.3, -0.25) is 0 Å². The summed E-state index contributed by atoms with van der Waals surface area (Å²) in [5.74, 6) is 0.724. The van der Waals surface area contributed by atoms with Crippen molar-refractivity contribution < 1.29 is 8.42 Å². The summed E-state index contributed by atoms with van der Waals surface area (Å²) in [7, 11) is -2.73. The third-order valence-corrected chi connectivity index (χ3v) is 5.77. The van der Waals surface area contributed by atoms with Crippen molar-refractivity contribution in [2.75, 3.05) is 31.1 Å². The average Bonchev–Trinajstić information content (AvgIpc) is 2.33. The first kappa shape index (κ1) is 14.3. The first-order valence-electron chi connectivity index (χ1n) is 7.24. The Balaban J connectivity index is 1.69. The minimum atomic E-state index is -2.73. The lowest BCUT2D eigenvalue weighted by Gasteiger charge is -2.32. The van der Waals surface area contributed by atoms with E-state index < -0.39 is 9.84 Å². The van der Waals surface area contributed by atoms with Crippen LogP contribution in [-0.2, 0) is 9.84 Å². The monoisotopic (exact) mass is 274 g/mol. The molecular formula is C13H26N2O2S. The number of rotatable bonds is 4. The van der Waals surface area contributed by atoms with E-state index in [1.807, 2.05) is 0 Å². The Kier molecular flexibility index (Phi) is 5.04. The van der Waals surface area contributed by atoms with E-state index in [0.29, 0.717) is 23.6 Å². The highest BCUT2D eigenvalue weighted by Gasteiger charge is 2.24. The number of hydrogen-bond donors (Lipinski definition) is 1. The van der Waals surface area contributed by atoms with Gasteiger partial charge in [-0.15, -0.1) is 0 Å². The summed E-state index contributed by atoms with van der Waals surface area (Å²) in [5.41, 5.74) is 0. The van der Waals surface area contributed by atoms with E-state index in [4.69, 9.17) is 0 Å². The number of hydrogen-bond acceptors (Lipinski definition) is 4. The second-order valence-corrected chi connectivity index (χ2v) is 8.16. The van der Waals surface area contributed by atoms with E-state index in [-0.39, 0.29) is 0 Å². The summed E-state index contributed by atoms with van der Waals surface area (Å²) in [5, 5.41) is 3.60. The highest BCUT2D eigenvalue weighted by molar-refractivity contribution is 7.91. The van der Waals surface area contributed by atoms with Crippen molar-refractivity contribution in [2.45, 2.75) is 51.1 Å². The summed E-state index contributed by atoms with van der Waals surface area (Å²) in [6, 6.07) is 0.863. The maximum Gasteiger partial charge on any atom is 0.150 e. The molecule has 0 aliphatic carbocycles. The Bertz CT molecular complexity index is 336. The Morgan fingerprint density at radius 3 is 2.39 bits per heavy atom. The van der Waals surface area contributed by atoms with E-state index >= 15 is 0 Å². The van der Waals surface area contributed by atoms with Crippen LogP contribution in [0.15, 0.2) is 0 Å². The fourth-order valence-electron chi connectivity index (χ4n) is 3.04. The molecule has 2 rings (SSSR count). The number of sulfone groups is 1. The number of nitrogens with zero attached hydrogens (tertiary/aromatic N) is 1. The molecule has 0 aromatic heterocycles.